The Morgan fingerprint density at radius 2 is 0.792 bits per heavy atom. The Balaban J connectivity index is 1.83. The van der Waals surface area contributed by atoms with Crippen molar-refractivity contribution in [1.29, 1.82) is 0 Å². The summed E-state index contributed by atoms with van der Waals surface area (Å²) in [5.74, 6) is 2.36. The molecule has 0 saturated carbocycles. The van der Waals surface area contributed by atoms with E-state index in [-0.39, 0.29) is 26.4 Å². The summed E-state index contributed by atoms with van der Waals surface area (Å²) < 4.78 is 22.1. The van der Waals surface area contributed by atoms with Crippen LogP contribution in [-0.4, -0.2) is 49.9 Å². The van der Waals surface area contributed by atoms with Crippen LogP contribution in [0.5, 0.6) is 23.0 Å². The smallest absolute Gasteiger partial charge is 0.161 e. The van der Waals surface area contributed by atoms with Gasteiger partial charge in [0.05, 0.1) is 13.2 Å². The van der Waals surface area contributed by atoms with Crippen molar-refractivity contribution in [2.75, 3.05) is 39.6 Å². The molecular weight excluding hydrogens is 312 g/mol. The van der Waals surface area contributed by atoms with E-state index in [0.717, 1.165) is 0 Å². The number of para-hydroxylation sites is 4. The zero-order chi connectivity index (χ0) is 17.0. The number of aliphatic hydroxyl groups is 2. The van der Waals surface area contributed by atoms with Crippen molar-refractivity contribution in [2.24, 2.45) is 0 Å². The molecule has 0 aliphatic heterocycles. The minimum absolute atomic E-state index is 0.0535. The number of aliphatic hydroxyl groups excluding tert-OH is 2. The highest BCUT2D eigenvalue weighted by Crippen LogP contribution is 2.28. The molecule has 6 heteroatoms. The molecule has 0 amide bonds. The SMILES string of the molecule is OCCOc1ccccc1OCCOc1ccccc1OCCO. The number of hydrogen-bond acceptors (Lipinski definition) is 6. The topological polar surface area (TPSA) is 77.4 Å². The summed E-state index contributed by atoms with van der Waals surface area (Å²) in [4.78, 5) is 0. The van der Waals surface area contributed by atoms with Crippen molar-refractivity contribution in [3.05, 3.63) is 48.5 Å². The molecule has 0 fully saturated rings. The molecule has 2 aromatic carbocycles. The summed E-state index contributed by atoms with van der Waals surface area (Å²) in [5, 5.41) is 17.7. The van der Waals surface area contributed by atoms with E-state index in [2.05, 4.69) is 0 Å². The summed E-state index contributed by atoms with van der Waals surface area (Å²) >= 11 is 0. The lowest BCUT2D eigenvalue weighted by atomic mass is 10.3. The number of rotatable bonds is 11. The Morgan fingerprint density at radius 1 is 0.500 bits per heavy atom. The first-order valence-corrected chi connectivity index (χ1v) is 7.76. The van der Waals surface area contributed by atoms with Crippen LogP contribution in [0.15, 0.2) is 48.5 Å². The maximum atomic E-state index is 8.83. The standard InChI is InChI=1S/C18H22O6/c19-9-11-21-15-5-1-3-7-17(15)23-13-14-24-18-8-4-2-6-16(18)22-12-10-20/h1-8,19-20H,9-14H2. The van der Waals surface area contributed by atoms with Crippen LogP contribution in [0.3, 0.4) is 0 Å². The Bertz CT molecular complexity index is 548. The molecule has 2 rings (SSSR count). The maximum absolute atomic E-state index is 8.83. The van der Waals surface area contributed by atoms with Crippen LogP contribution in [0.1, 0.15) is 0 Å². The number of ether oxygens (including phenoxy) is 4. The van der Waals surface area contributed by atoms with Gasteiger partial charge in [-0.05, 0) is 24.3 Å². The van der Waals surface area contributed by atoms with E-state index in [1.165, 1.54) is 0 Å². The summed E-state index contributed by atoms with van der Waals surface area (Å²) in [6, 6.07) is 14.5. The Labute approximate surface area is 141 Å². The molecule has 24 heavy (non-hydrogen) atoms. The second-order valence-electron chi connectivity index (χ2n) is 4.73. The van der Waals surface area contributed by atoms with Gasteiger partial charge in [0, 0.05) is 0 Å². The minimum atomic E-state index is -0.0535. The second-order valence-corrected chi connectivity index (χ2v) is 4.73. The van der Waals surface area contributed by atoms with E-state index in [4.69, 9.17) is 29.2 Å². The third-order valence-electron chi connectivity index (χ3n) is 2.99. The second kappa shape index (κ2) is 10.4. The lowest BCUT2D eigenvalue weighted by molar-refractivity contribution is 0.175. The fraction of sp³-hybridized carbons (Fsp3) is 0.333. The van der Waals surface area contributed by atoms with Gasteiger partial charge >= 0.3 is 0 Å². The average Bonchev–Trinajstić information content (AvgIpc) is 2.63. The van der Waals surface area contributed by atoms with Gasteiger partial charge in [-0.1, -0.05) is 24.3 Å². The third-order valence-corrected chi connectivity index (χ3v) is 2.99. The molecule has 0 bridgehead atoms. The largest absolute Gasteiger partial charge is 0.487 e. The Kier molecular flexibility index (Phi) is 7.73. The van der Waals surface area contributed by atoms with Crippen LogP contribution in [0.25, 0.3) is 0 Å². The van der Waals surface area contributed by atoms with E-state index in [1.54, 1.807) is 24.3 Å². The highest BCUT2D eigenvalue weighted by Gasteiger charge is 2.06. The van der Waals surface area contributed by atoms with Crippen LogP contribution >= 0.6 is 0 Å². The lowest BCUT2D eigenvalue weighted by Gasteiger charge is -2.14. The molecule has 0 aliphatic carbocycles. The van der Waals surface area contributed by atoms with Gasteiger partial charge in [-0.2, -0.15) is 0 Å². The highest BCUT2D eigenvalue weighted by atomic mass is 16.6. The summed E-state index contributed by atoms with van der Waals surface area (Å²) in [5.41, 5.74) is 0. The molecule has 0 radical (unpaired) electrons. The molecule has 2 aromatic rings. The van der Waals surface area contributed by atoms with Gasteiger partial charge in [-0.25, -0.2) is 0 Å². The lowest BCUT2D eigenvalue weighted by Crippen LogP contribution is -2.11. The zero-order valence-corrected chi connectivity index (χ0v) is 13.4. The molecule has 0 atom stereocenters. The minimum Gasteiger partial charge on any atom is -0.487 e. The first-order chi connectivity index (χ1) is 11.8. The predicted molar refractivity (Wildman–Crippen MR) is 89.0 cm³/mol. The molecule has 6 nitrogen and oxygen atoms in total. The Morgan fingerprint density at radius 3 is 1.08 bits per heavy atom. The van der Waals surface area contributed by atoms with Gasteiger partial charge in [-0.15, -0.1) is 0 Å². The fourth-order valence-electron chi connectivity index (χ4n) is 1.99. The van der Waals surface area contributed by atoms with E-state index < -0.39 is 0 Å². The molecular formula is C18H22O6. The van der Waals surface area contributed by atoms with Crippen LogP contribution in [-0.2, 0) is 0 Å². The van der Waals surface area contributed by atoms with Crippen LogP contribution < -0.4 is 18.9 Å². The van der Waals surface area contributed by atoms with Gasteiger partial charge < -0.3 is 29.2 Å². The number of benzene rings is 2. The molecule has 0 aromatic heterocycles. The van der Waals surface area contributed by atoms with Gasteiger partial charge in [0.2, 0.25) is 0 Å². The summed E-state index contributed by atoms with van der Waals surface area (Å²) in [7, 11) is 0. The first kappa shape index (κ1) is 17.9. The van der Waals surface area contributed by atoms with E-state index >= 15 is 0 Å². The molecule has 0 aliphatic rings. The maximum Gasteiger partial charge on any atom is 0.161 e. The predicted octanol–water partition coefficient (Wildman–Crippen LogP) is 1.89. The molecule has 0 heterocycles. The van der Waals surface area contributed by atoms with Crippen molar-refractivity contribution >= 4 is 0 Å². The van der Waals surface area contributed by atoms with E-state index in [0.29, 0.717) is 36.2 Å². The normalized spacial score (nSPS) is 10.2. The van der Waals surface area contributed by atoms with Crippen molar-refractivity contribution in [3.8, 4) is 23.0 Å². The monoisotopic (exact) mass is 334 g/mol. The van der Waals surface area contributed by atoms with Gasteiger partial charge in [0.15, 0.2) is 23.0 Å². The van der Waals surface area contributed by atoms with Gasteiger partial charge in [0.1, 0.15) is 26.4 Å². The van der Waals surface area contributed by atoms with Crippen molar-refractivity contribution in [3.63, 3.8) is 0 Å². The van der Waals surface area contributed by atoms with Crippen LogP contribution in [0.2, 0.25) is 0 Å². The molecule has 130 valence electrons. The molecule has 0 spiro atoms. The van der Waals surface area contributed by atoms with Crippen molar-refractivity contribution in [1.82, 2.24) is 0 Å². The summed E-state index contributed by atoms with van der Waals surface area (Å²) in [6.45, 7) is 0.977. The quantitative estimate of drug-likeness (QED) is 0.611. The fourth-order valence-corrected chi connectivity index (χ4v) is 1.99. The van der Waals surface area contributed by atoms with Crippen LogP contribution in [0.4, 0.5) is 0 Å². The average molecular weight is 334 g/mol. The number of hydrogen-bond donors (Lipinski definition) is 2. The van der Waals surface area contributed by atoms with Crippen LogP contribution in [0, 0.1) is 0 Å². The van der Waals surface area contributed by atoms with E-state index in [9.17, 15) is 0 Å². The Hall–Kier alpha value is -2.44. The van der Waals surface area contributed by atoms with Crippen molar-refractivity contribution < 1.29 is 29.2 Å². The highest BCUT2D eigenvalue weighted by molar-refractivity contribution is 5.40. The third kappa shape index (κ3) is 5.64. The zero-order valence-electron chi connectivity index (χ0n) is 13.4. The van der Waals surface area contributed by atoms with Crippen molar-refractivity contribution in [2.45, 2.75) is 0 Å². The van der Waals surface area contributed by atoms with Gasteiger partial charge in [-0.3, -0.25) is 0 Å². The van der Waals surface area contributed by atoms with Gasteiger partial charge in [0.25, 0.3) is 0 Å². The molecule has 0 saturated heterocycles. The first-order valence-electron chi connectivity index (χ1n) is 7.76. The van der Waals surface area contributed by atoms with E-state index in [1.807, 2.05) is 24.3 Å². The molecule has 2 N–H and O–H groups in total. The molecule has 0 unspecified atom stereocenters. The summed E-state index contributed by atoms with van der Waals surface area (Å²) in [6.07, 6.45) is 0.